The zero-order valence-electron chi connectivity index (χ0n) is 28.2. The number of aromatic amines is 1. The molecule has 0 bridgehead atoms. The number of hydrogen-bond acceptors (Lipinski definition) is 8. The largest absolute Gasteiger partial charge is 0.494 e. The highest BCUT2D eigenvalue weighted by molar-refractivity contribution is 6.22. The van der Waals surface area contributed by atoms with E-state index in [2.05, 4.69) is 9.88 Å². The van der Waals surface area contributed by atoms with E-state index in [1.807, 2.05) is 75.4 Å². The molecule has 0 atom stereocenters. The Hall–Kier alpha value is -5.16. The molecule has 4 aromatic rings. The van der Waals surface area contributed by atoms with Gasteiger partial charge in [0.2, 0.25) is 5.91 Å². The van der Waals surface area contributed by atoms with Crippen molar-refractivity contribution in [2.24, 2.45) is 4.99 Å². The van der Waals surface area contributed by atoms with Crippen LogP contribution in [0.1, 0.15) is 55.6 Å². The Morgan fingerprint density at radius 3 is 2.27 bits per heavy atom. The summed E-state index contributed by atoms with van der Waals surface area (Å²) in [5, 5.41) is 11.8. The van der Waals surface area contributed by atoms with Crippen LogP contribution >= 0.6 is 0 Å². The third kappa shape index (κ3) is 8.21. The summed E-state index contributed by atoms with van der Waals surface area (Å²) in [6.07, 6.45) is 0.0446. The third-order valence-electron chi connectivity index (χ3n) is 8.09. The number of anilines is 1. The van der Waals surface area contributed by atoms with E-state index in [9.17, 15) is 19.5 Å². The fourth-order valence-electron chi connectivity index (χ4n) is 5.55. The van der Waals surface area contributed by atoms with Crippen molar-refractivity contribution >= 4 is 46.0 Å². The molecule has 1 aliphatic heterocycles. The van der Waals surface area contributed by atoms with Crippen molar-refractivity contribution in [3.63, 3.8) is 0 Å². The van der Waals surface area contributed by atoms with E-state index in [1.165, 1.54) is 0 Å². The summed E-state index contributed by atoms with van der Waals surface area (Å²) in [4.78, 5) is 51.2. The smallest absolute Gasteiger partial charge is 0.410 e. The van der Waals surface area contributed by atoms with Gasteiger partial charge in [-0.05, 0) is 64.1 Å². The van der Waals surface area contributed by atoms with E-state index in [0.29, 0.717) is 72.6 Å². The predicted octanol–water partition coefficient (Wildman–Crippen LogP) is 6.12. The lowest BCUT2D eigenvalue weighted by Gasteiger charge is -2.35. The number of ether oxygens (including phenoxy) is 2. The molecular formula is C37H43N5O6. The van der Waals surface area contributed by atoms with Gasteiger partial charge in [0.05, 0.1) is 29.1 Å². The second-order valence-corrected chi connectivity index (χ2v) is 12.7. The monoisotopic (exact) mass is 653 g/mol. The zero-order chi connectivity index (χ0) is 34.4. The van der Waals surface area contributed by atoms with Crippen molar-refractivity contribution in [1.29, 1.82) is 0 Å². The first-order chi connectivity index (χ1) is 22.9. The van der Waals surface area contributed by atoms with Crippen LogP contribution < -0.4 is 4.90 Å². The molecule has 0 radical (unpaired) electrons. The van der Waals surface area contributed by atoms with Gasteiger partial charge in [0, 0.05) is 68.3 Å². The van der Waals surface area contributed by atoms with Crippen molar-refractivity contribution < 1.29 is 29.0 Å². The van der Waals surface area contributed by atoms with Crippen LogP contribution in [0.4, 0.5) is 16.2 Å². The van der Waals surface area contributed by atoms with E-state index in [4.69, 9.17) is 14.5 Å². The number of aliphatic imine (C=N–C) groups is 1. The molecule has 0 aliphatic carbocycles. The van der Waals surface area contributed by atoms with Crippen LogP contribution in [-0.4, -0.2) is 95.6 Å². The predicted molar refractivity (Wildman–Crippen MR) is 186 cm³/mol. The maximum Gasteiger partial charge on any atom is 0.410 e. The van der Waals surface area contributed by atoms with E-state index in [1.54, 1.807) is 42.0 Å². The number of H-pyrrole nitrogens is 1. The van der Waals surface area contributed by atoms with Gasteiger partial charge in [0.25, 0.3) is 0 Å². The minimum Gasteiger partial charge on any atom is -0.494 e. The summed E-state index contributed by atoms with van der Waals surface area (Å²) in [6.45, 7) is 10.7. The van der Waals surface area contributed by atoms with Crippen LogP contribution in [0, 0.1) is 0 Å². The Bertz CT molecular complexity index is 1780. The van der Waals surface area contributed by atoms with Crippen LogP contribution in [0.15, 0.2) is 77.8 Å². The number of benzene rings is 3. The Morgan fingerprint density at radius 1 is 0.938 bits per heavy atom. The molecule has 1 fully saturated rings. The molecule has 48 heavy (non-hydrogen) atoms. The fraction of sp³-hybridized carbons (Fsp3) is 0.351. The summed E-state index contributed by atoms with van der Waals surface area (Å²) in [7, 11) is 1.75. The number of carbonyl (C=O) groups excluding carboxylic acids is 3. The van der Waals surface area contributed by atoms with Gasteiger partial charge in [0.1, 0.15) is 5.60 Å². The SMILES string of the molecule is CCOC(=O)c1ccc2c(C(=Nc3ccc(N(C)C(=O)CCN4CCN(C(=O)OC(C)(C)C)CC4)cc3)c3ccccc3)c(O)[nH]c2c1. The highest BCUT2D eigenvalue weighted by Gasteiger charge is 2.26. The minimum absolute atomic E-state index is 0.0169. The maximum absolute atomic E-state index is 13.1. The lowest BCUT2D eigenvalue weighted by molar-refractivity contribution is -0.118. The molecule has 5 rings (SSSR count). The van der Waals surface area contributed by atoms with Gasteiger partial charge < -0.3 is 29.4 Å². The van der Waals surface area contributed by atoms with Gasteiger partial charge in [0.15, 0.2) is 5.88 Å². The molecule has 1 aromatic heterocycles. The van der Waals surface area contributed by atoms with Crippen LogP contribution in [0.25, 0.3) is 10.9 Å². The van der Waals surface area contributed by atoms with Crippen molar-refractivity contribution in [3.8, 4) is 5.88 Å². The molecule has 1 saturated heterocycles. The summed E-state index contributed by atoms with van der Waals surface area (Å²) >= 11 is 0. The number of amides is 2. The second kappa shape index (κ2) is 14.7. The number of esters is 1. The molecule has 1 aliphatic rings. The average molecular weight is 654 g/mol. The molecule has 0 unspecified atom stereocenters. The third-order valence-corrected chi connectivity index (χ3v) is 8.09. The van der Waals surface area contributed by atoms with Gasteiger partial charge in [-0.1, -0.05) is 36.4 Å². The lowest BCUT2D eigenvalue weighted by atomic mass is 10.00. The minimum atomic E-state index is -0.529. The van der Waals surface area contributed by atoms with Gasteiger partial charge in [-0.15, -0.1) is 0 Å². The van der Waals surface area contributed by atoms with Crippen LogP contribution in [0.5, 0.6) is 5.88 Å². The number of aromatic hydroxyl groups is 1. The highest BCUT2D eigenvalue weighted by Crippen LogP contribution is 2.32. The molecule has 2 N–H and O–H groups in total. The van der Waals surface area contributed by atoms with Crippen LogP contribution in [-0.2, 0) is 14.3 Å². The number of nitrogens with zero attached hydrogens (tertiary/aromatic N) is 4. The van der Waals surface area contributed by atoms with Crippen molar-refractivity contribution in [3.05, 3.63) is 89.5 Å². The Kier molecular flexibility index (Phi) is 10.5. The Labute approximate surface area is 280 Å². The normalized spacial score (nSPS) is 14.2. The van der Waals surface area contributed by atoms with Crippen molar-refractivity contribution in [2.75, 3.05) is 51.3 Å². The first-order valence-electron chi connectivity index (χ1n) is 16.2. The lowest BCUT2D eigenvalue weighted by Crippen LogP contribution is -2.50. The summed E-state index contributed by atoms with van der Waals surface area (Å²) in [6, 6.07) is 22.0. The molecule has 11 nitrogen and oxygen atoms in total. The first-order valence-corrected chi connectivity index (χ1v) is 16.2. The molecule has 0 spiro atoms. The second-order valence-electron chi connectivity index (χ2n) is 12.7. The highest BCUT2D eigenvalue weighted by atomic mass is 16.6. The van der Waals surface area contributed by atoms with E-state index >= 15 is 0 Å². The fourth-order valence-corrected chi connectivity index (χ4v) is 5.55. The van der Waals surface area contributed by atoms with Gasteiger partial charge >= 0.3 is 12.1 Å². The summed E-state index contributed by atoms with van der Waals surface area (Å²) in [5.41, 5.74) is 3.66. The van der Waals surface area contributed by atoms with Crippen molar-refractivity contribution in [1.82, 2.24) is 14.8 Å². The summed E-state index contributed by atoms with van der Waals surface area (Å²) < 4.78 is 10.6. The number of rotatable bonds is 9. The maximum atomic E-state index is 13.1. The van der Waals surface area contributed by atoms with Crippen LogP contribution in [0.2, 0.25) is 0 Å². The van der Waals surface area contributed by atoms with Crippen LogP contribution in [0.3, 0.4) is 0 Å². The molecular weight excluding hydrogens is 610 g/mol. The van der Waals surface area contributed by atoms with Gasteiger partial charge in [-0.3, -0.25) is 9.69 Å². The molecule has 2 amide bonds. The quantitative estimate of drug-likeness (QED) is 0.164. The number of fused-ring (bicyclic) bond motifs is 1. The molecule has 11 heteroatoms. The first kappa shape index (κ1) is 34.2. The zero-order valence-corrected chi connectivity index (χ0v) is 28.2. The number of piperazine rings is 1. The standard InChI is InChI=1S/C37H43N5O6/c1-6-47-35(45)26-12-17-29-30(24-26)39-34(44)32(29)33(25-10-8-7-9-11-25)38-27-13-15-28(16-14-27)40(5)31(43)18-19-41-20-22-42(23-21-41)36(46)48-37(2,3)4/h7-17,24,39,44H,6,18-23H2,1-5H3. The van der Waals surface area contributed by atoms with E-state index < -0.39 is 11.6 Å². The Morgan fingerprint density at radius 2 is 1.62 bits per heavy atom. The van der Waals surface area contributed by atoms with E-state index in [0.717, 1.165) is 11.3 Å². The number of nitrogens with one attached hydrogen (secondary N) is 1. The topological polar surface area (TPSA) is 128 Å². The van der Waals surface area contributed by atoms with Gasteiger partial charge in [-0.25, -0.2) is 14.6 Å². The van der Waals surface area contributed by atoms with Crippen molar-refractivity contribution in [2.45, 2.75) is 39.7 Å². The average Bonchev–Trinajstić information content (AvgIpc) is 3.40. The number of hydrogen-bond donors (Lipinski definition) is 2. The summed E-state index contributed by atoms with van der Waals surface area (Å²) in [5.74, 6) is -0.521. The molecule has 252 valence electrons. The molecule has 3 aromatic carbocycles. The Balaban J connectivity index is 1.28. The number of carbonyl (C=O) groups is 3. The van der Waals surface area contributed by atoms with E-state index in [-0.39, 0.29) is 24.5 Å². The molecule has 2 heterocycles. The number of aromatic nitrogens is 1. The molecule has 0 saturated carbocycles. The van der Waals surface area contributed by atoms with Gasteiger partial charge in [-0.2, -0.15) is 0 Å².